The summed E-state index contributed by atoms with van der Waals surface area (Å²) < 4.78 is 5.24. The summed E-state index contributed by atoms with van der Waals surface area (Å²) in [4.78, 5) is 16.9. The van der Waals surface area contributed by atoms with Crippen LogP contribution in [0.4, 0.5) is 0 Å². The van der Waals surface area contributed by atoms with Crippen LogP contribution < -0.4 is 16.0 Å². The minimum Gasteiger partial charge on any atom is -0.385 e. The average molecular weight is 395 g/mol. The van der Waals surface area contributed by atoms with E-state index in [1.807, 2.05) is 6.92 Å². The SMILES string of the molecule is CCNC(=NCC1(CCOC)CCC1)NCCNC(=O)c1ccccc1Cl. The molecule has 0 aliphatic heterocycles. The van der Waals surface area contributed by atoms with Crippen LogP contribution in [0.2, 0.25) is 5.02 Å². The second-order valence-corrected chi connectivity index (χ2v) is 7.36. The van der Waals surface area contributed by atoms with Gasteiger partial charge in [-0.05, 0) is 43.7 Å². The van der Waals surface area contributed by atoms with Crippen LogP contribution in [0.3, 0.4) is 0 Å². The smallest absolute Gasteiger partial charge is 0.252 e. The van der Waals surface area contributed by atoms with Crippen LogP contribution in [0.25, 0.3) is 0 Å². The zero-order chi connectivity index (χ0) is 19.5. The first-order valence-corrected chi connectivity index (χ1v) is 10.0. The van der Waals surface area contributed by atoms with Gasteiger partial charge in [-0.2, -0.15) is 0 Å². The Balaban J connectivity index is 1.78. The molecule has 2 rings (SSSR count). The molecule has 1 aliphatic rings. The van der Waals surface area contributed by atoms with E-state index < -0.39 is 0 Å². The van der Waals surface area contributed by atoms with Crippen molar-refractivity contribution >= 4 is 23.5 Å². The summed E-state index contributed by atoms with van der Waals surface area (Å²) >= 11 is 6.05. The third-order valence-electron chi connectivity index (χ3n) is 4.99. The number of methoxy groups -OCH3 is 1. The molecule has 0 radical (unpaired) electrons. The zero-order valence-corrected chi connectivity index (χ0v) is 17.1. The normalized spacial score (nSPS) is 15.7. The summed E-state index contributed by atoms with van der Waals surface area (Å²) in [5, 5.41) is 9.87. The minimum atomic E-state index is -0.169. The molecule has 1 aliphatic carbocycles. The lowest BCUT2D eigenvalue weighted by Crippen LogP contribution is -2.43. The van der Waals surface area contributed by atoms with Crippen molar-refractivity contribution in [1.29, 1.82) is 0 Å². The molecular formula is C20H31ClN4O2. The van der Waals surface area contributed by atoms with Crippen molar-refractivity contribution in [1.82, 2.24) is 16.0 Å². The van der Waals surface area contributed by atoms with Gasteiger partial charge in [0.2, 0.25) is 0 Å². The Labute approximate surface area is 167 Å². The van der Waals surface area contributed by atoms with E-state index in [0.29, 0.717) is 23.7 Å². The lowest BCUT2D eigenvalue weighted by molar-refractivity contribution is 0.0778. The molecule has 150 valence electrons. The van der Waals surface area contributed by atoms with Gasteiger partial charge in [0, 0.05) is 39.9 Å². The van der Waals surface area contributed by atoms with E-state index in [4.69, 9.17) is 21.3 Å². The average Bonchev–Trinajstić information content (AvgIpc) is 2.64. The number of benzene rings is 1. The minimum absolute atomic E-state index is 0.169. The van der Waals surface area contributed by atoms with E-state index in [1.165, 1.54) is 19.3 Å². The Morgan fingerprint density at radius 2 is 1.96 bits per heavy atom. The second-order valence-electron chi connectivity index (χ2n) is 6.95. The summed E-state index contributed by atoms with van der Waals surface area (Å²) in [6.45, 7) is 5.50. The number of guanidine groups is 1. The van der Waals surface area contributed by atoms with E-state index in [-0.39, 0.29) is 11.3 Å². The van der Waals surface area contributed by atoms with E-state index >= 15 is 0 Å². The number of ether oxygens (including phenoxy) is 1. The van der Waals surface area contributed by atoms with Crippen LogP contribution in [-0.2, 0) is 4.74 Å². The summed E-state index contributed by atoms with van der Waals surface area (Å²) in [5.74, 6) is 0.616. The highest BCUT2D eigenvalue weighted by atomic mass is 35.5. The number of rotatable bonds is 10. The molecule has 0 heterocycles. The topological polar surface area (TPSA) is 74.8 Å². The van der Waals surface area contributed by atoms with Crippen LogP contribution in [0.15, 0.2) is 29.3 Å². The Bertz CT molecular complexity index is 632. The van der Waals surface area contributed by atoms with Crippen LogP contribution in [0.1, 0.15) is 43.0 Å². The molecule has 1 aromatic carbocycles. The van der Waals surface area contributed by atoms with Gasteiger partial charge in [-0.25, -0.2) is 0 Å². The van der Waals surface area contributed by atoms with Crippen molar-refractivity contribution in [3.8, 4) is 0 Å². The predicted molar refractivity (Wildman–Crippen MR) is 111 cm³/mol. The fraction of sp³-hybridized carbons (Fsp3) is 0.600. The maximum Gasteiger partial charge on any atom is 0.252 e. The van der Waals surface area contributed by atoms with Crippen LogP contribution in [0, 0.1) is 5.41 Å². The first-order chi connectivity index (χ1) is 13.1. The van der Waals surface area contributed by atoms with Gasteiger partial charge in [-0.1, -0.05) is 30.2 Å². The van der Waals surface area contributed by atoms with Crippen molar-refractivity contribution in [2.24, 2.45) is 10.4 Å². The predicted octanol–water partition coefficient (Wildman–Crippen LogP) is 2.83. The van der Waals surface area contributed by atoms with Gasteiger partial charge < -0.3 is 20.7 Å². The molecule has 0 unspecified atom stereocenters. The van der Waals surface area contributed by atoms with E-state index in [1.54, 1.807) is 31.4 Å². The number of carbonyl (C=O) groups is 1. The fourth-order valence-electron chi connectivity index (χ4n) is 3.17. The highest BCUT2D eigenvalue weighted by molar-refractivity contribution is 6.33. The van der Waals surface area contributed by atoms with Crippen molar-refractivity contribution in [2.45, 2.75) is 32.6 Å². The third kappa shape index (κ3) is 6.70. The molecule has 27 heavy (non-hydrogen) atoms. The van der Waals surface area contributed by atoms with E-state index in [0.717, 1.165) is 32.1 Å². The van der Waals surface area contributed by atoms with Crippen LogP contribution in [0.5, 0.6) is 0 Å². The van der Waals surface area contributed by atoms with Gasteiger partial charge in [0.1, 0.15) is 0 Å². The first kappa shape index (κ1) is 21.5. The van der Waals surface area contributed by atoms with Gasteiger partial charge in [0.15, 0.2) is 5.96 Å². The fourth-order valence-corrected chi connectivity index (χ4v) is 3.39. The van der Waals surface area contributed by atoms with Gasteiger partial charge in [0.05, 0.1) is 10.6 Å². The molecule has 7 heteroatoms. The largest absolute Gasteiger partial charge is 0.385 e. The van der Waals surface area contributed by atoms with Gasteiger partial charge in [-0.15, -0.1) is 0 Å². The molecule has 0 saturated heterocycles. The number of carbonyl (C=O) groups excluding carboxylic acids is 1. The van der Waals surface area contributed by atoms with Gasteiger partial charge >= 0.3 is 0 Å². The van der Waals surface area contributed by atoms with E-state index in [2.05, 4.69) is 16.0 Å². The summed E-state index contributed by atoms with van der Waals surface area (Å²) in [6.07, 6.45) is 4.76. The Morgan fingerprint density at radius 1 is 1.22 bits per heavy atom. The molecule has 0 spiro atoms. The number of aliphatic imine (C=N–C) groups is 1. The monoisotopic (exact) mass is 394 g/mol. The Morgan fingerprint density at radius 3 is 2.59 bits per heavy atom. The number of amides is 1. The summed E-state index contributed by atoms with van der Waals surface area (Å²) in [6, 6.07) is 7.04. The second kappa shape index (κ2) is 11.1. The number of nitrogens with one attached hydrogen (secondary N) is 3. The molecule has 1 aromatic rings. The summed E-state index contributed by atoms with van der Waals surface area (Å²) in [7, 11) is 1.75. The first-order valence-electron chi connectivity index (χ1n) is 9.64. The maximum atomic E-state index is 12.2. The number of nitrogens with zero attached hydrogens (tertiary/aromatic N) is 1. The molecule has 0 bridgehead atoms. The quantitative estimate of drug-likeness (QED) is 0.324. The molecule has 6 nitrogen and oxygen atoms in total. The Hall–Kier alpha value is -1.79. The molecule has 0 aromatic heterocycles. The third-order valence-corrected chi connectivity index (χ3v) is 5.32. The highest BCUT2D eigenvalue weighted by Crippen LogP contribution is 2.44. The lowest BCUT2D eigenvalue weighted by atomic mass is 9.67. The summed E-state index contributed by atoms with van der Waals surface area (Å²) in [5.41, 5.74) is 0.779. The highest BCUT2D eigenvalue weighted by Gasteiger charge is 2.36. The van der Waals surface area contributed by atoms with Gasteiger partial charge in [-0.3, -0.25) is 9.79 Å². The van der Waals surface area contributed by atoms with Crippen molar-refractivity contribution in [3.63, 3.8) is 0 Å². The van der Waals surface area contributed by atoms with Crippen LogP contribution in [-0.4, -0.2) is 51.8 Å². The lowest BCUT2D eigenvalue weighted by Gasteiger charge is -2.40. The van der Waals surface area contributed by atoms with E-state index in [9.17, 15) is 4.79 Å². The molecule has 3 N–H and O–H groups in total. The molecule has 1 amide bonds. The van der Waals surface area contributed by atoms with Crippen molar-refractivity contribution in [3.05, 3.63) is 34.9 Å². The maximum absolute atomic E-state index is 12.2. The Kier molecular flexibility index (Phi) is 8.88. The molecule has 0 atom stereocenters. The van der Waals surface area contributed by atoms with Crippen molar-refractivity contribution < 1.29 is 9.53 Å². The van der Waals surface area contributed by atoms with Crippen molar-refractivity contribution in [2.75, 3.05) is 39.9 Å². The number of hydrogen-bond donors (Lipinski definition) is 3. The van der Waals surface area contributed by atoms with Crippen LogP contribution >= 0.6 is 11.6 Å². The number of halogens is 1. The standard InChI is InChI=1S/C20H31ClN4O2/c1-3-22-19(25-15-20(9-6-10-20)11-14-27-2)24-13-12-23-18(26)16-7-4-5-8-17(16)21/h4-5,7-8H,3,6,9-15H2,1-2H3,(H,23,26)(H2,22,24,25). The number of hydrogen-bond acceptors (Lipinski definition) is 3. The molecular weight excluding hydrogens is 364 g/mol. The molecule has 1 fully saturated rings. The van der Waals surface area contributed by atoms with Gasteiger partial charge in [0.25, 0.3) is 5.91 Å². The molecule has 1 saturated carbocycles. The zero-order valence-electron chi connectivity index (χ0n) is 16.3.